The van der Waals surface area contributed by atoms with Crippen molar-refractivity contribution in [2.45, 2.75) is 51.1 Å². The molecule has 0 amide bonds. The summed E-state index contributed by atoms with van der Waals surface area (Å²) < 4.78 is 0. The summed E-state index contributed by atoms with van der Waals surface area (Å²) in [5, 5.41) is 13.5. The monoisotopic (exact) mass is 193 g/mol. The summed E-state index contributed by atoms with van der Waals surface area (Å²) in [6, 6.07) is 0.595. The summed E-state index contributed by atoms with van der Waals surface area (Å²) in [6.07, 6.45) is 5.05. The van der Waals surface area contributed by atoms with Crippen molar-refractivity contribution in [1.29, 1.82) is 0 Å². The summed E-state index contributed by atoms with van der Waals surface area (Å²) in [4.78, 5) is 10.2. The number of aliphatic carboxylic acids is 1. The van der Waals surface area contributed by atoms with E-state index < -0.39 is 5.97 Å². The van der Waals surface area contributed by atoms with Gasteiger partial charge in [0.1, 0.15) is 0 Å². The molecule has 1 aliphatic carbocycles. The van der Waals surface area contributed by atoms with E-state index in [-0.39, 0.29) is 42.0 Å². The van der Waals surface area contributed by atoms with E-state index in [0.29, 0.717) is 6.04 Å². The van der Waals surface area contributed by atoms with Gasteiger partial charge in [-0.2, -0.15) is 0 Å². The van der Waals surface area contributed by atoms with Crippen LogP contribution in [0, 0.1) is 0 Å². The van der Waals surface area contributed by atoms with E-state index in [1.807, 2.05) is 6.92 Å². The van der Waals surface area contributed by atoms with Crippen molar-refractivity contribution in [2.24, 2.45) is 0 Å². The second-order valence-corrected chi connectivity index (χ2v) is 3.63. The molecule has 0 heterocycles. The number of carbonyl (C=O) groups excluding carboxylic acids is 1. The van der Waals surface area contributed by atoms with Gasteiger partial charge in [-0.25, -0.2) is 0 Å². The molecule has 1 saturated carbocycles. The number of nitrogens with one attached hydrogen (secondary N) is 1. The Labute approximate surface area is 102 Å². The van der Waals surface area contributed by atoms with Gasteiger partial charge in [-0.05, 0) is 19.8 Å². The van der Waals surface area contributed by atoms with Crippen molar-refractivity contribution < 1.29 is 39.5 Å². The van der Waals surface area contributed by atoms with Crippen LogP contribution in [-0.4, -0.2) is 18.1 Å². The van der Waals surface area contributed by atoms with Crippen LogP contribution in [0.5, 0.6) is 0 Å². The van der Waals surface area contributed by atoms with Crippen LogP contribution in [0.2, 0.25) is 0 Å². The van der Waals surface area contributed by atoms with Gasteiger partial charge in [0.15, 0.2) is 0 Å². The fraction of sp³-hybridized carbons (Fsp3) is 0.889. The molecule has 0 saturated heterocycles. The Bertz CT molecular complexity index is 158. The van der Waals surface area contributed by atoms with Crippen LogP contribution in [-0.2, 0) is 4.79 Å². The molecule has 0 aromatic carbocycles. The number of rotatable bonds is 4. The summed E-state index contributed by atoms with van der Waals surface area (Å²) in [6.45, 7) is 1.90. The van der Waals surface area contributed by atoms with Gasteiger partial charge in [0, 0.05) is 24.5 Å². The summed E-state index contributed by atoms with van der Waals surface area (Å²) >= 11 is 0. The van der Waals surface area contributed by atoms with Crippen LogP contribution in [0.25, 0.3) is 0 Å². The van der Waals surface area contributed by atoms with Crippen molar-refractivity contribution in [3.05, 3.63) is 0 Å². The topological polar surface area (TPSA) is 52.2 Å². The largest absolute Gasteiger partial charge is 1.00 e. The number of carbonyl (C=O) groups is 1. The van der Waals surface area contributed by atoms with Crippen LogP contribution in [0.4, 0.5) is 0 Å². The first kappa shape index (κ1) is 13.4. The number of hydrogen-bond acceptors (Lipinski definition) is 3. The van der Waals surface area contributed by atoms with Crippen molar-refractivity contribution in [1.82, 2.24) is 5.32 Å². The Morgan fingerprint density at radius 2 is 2.08 bits per heavy atom. The van der Waals surface area contributed by atoms with Gasteiger partial charge in [-0.1, -0.05) is 12.8 Å². The van der Waals surface area contributed by atoms with E-state index in [9.17, 15) is 9.90 Å². The standard InChI is InChI=1S/C9H17NO2.Na/c1-7(6-9(11)12)10-8-4-2-3-5-8;/h7-8,10H,2-6H2,1H3,(H,11,12);/q;+1/p-1. The maximum Gasteiger partial charge on any atom is 1.00 e. The fourth-order valence-corrected chi connectivity index (χ4v) is 1.80. The summed E-state index contributed by atoms with van der Waals surface area (Å²) in [5.41, 5.74) is 0. The zero-order valence-corrected chi connectivity index (χ0v) is 10.5. The molecule has 3 nitrogen and oxygen atoms in total. The van der Waals surface area contributed by atoms with Crippen LogP contribution in [0.1, 0.15) is 39.0 Å². The molecule has 4 heteroatoms. The molecule has 1 fully saturated rings. The molecular formula is C9H16NNaO2. The van der Waals surface area contributed by atoms with Gasteiger partial charge in [-0.3, -0.25) is 0 Å². The van der Waals surface area contributed by atoms with Crippen molar-refractivity contribution >= 4 is 5.97 Å². The minimum Gasteiger partial charge on any atom is -0.550 e. The Kier molecular flexibility index (Phi) is 7.05. The predicted molar refractivity (Wildman–Crippen MR) is 44.5 cm³/mol. The SMILES string of the molecule is CC(CC(=O)[O-])NC1CCCC1.[Na+]. The molecule has 0 radical (unpaired) electrons. The minimum atomic E-state index is -0.965. The van der Waals surface area contributed by atoms with Crippen LogP contribution in [0.15, 0.2) is 0 Å². The molecule has 1 rings (SSSR count). The zero-order valence-electron chi connectivity index (χ0n) is 8.51. The van der Waals surface area contributed by atoms with Crippen molar-refractivity contribution in [2.75, 3.05) is 0 Å². The summed E-state index contributed by atoms with van der Waals surface area (Å²) in [7, 11) is 0. The summed E-state index contributed by atoms with van der Waals surface area (Å²) in [5.74, 6) is -0.965. The minimum absolute atomic E-state index is 0. The molecule has 1 unspecified atom stereocenters. The molecule has 0 aromatic rings. The average Bonchev–Trinajstić information content (AvgIpc) is 2.37. The van der Waals surface area contributed by atoms with E-state index >= 15 is 0 Å². The van der Waals surface area contributed by atoms with Gasteiger partial charge in [0.25, 0.3) is 0 Å². The Morgan fingerprint density at radius 3 is 2.54 bits per heavy atom. The smallest absolute Gasteiger partial charge is 0.550 e. The third-order valence-corrected chi connectivity index (χ3v) is 2.35. The molecule has 0 aromatic heterocycles. The molecule has 70 valence electrons. The fourth-order valence-electron chi connectivity index (χ4n) is 1.80. The number of hydrogen-bond donors (Lipinski definition) is 1. The van der Waals surface area contributed by atoms with Gasteiger partial charge in [0.05, 0.1) is 0 Å². The van der Waals surface area contributed by atoms with E-state index in [2.05, 4.69) is 5.32 Å². The molecule has 0 aliphatic heterocycles. The van der Waals surface area contributed by atoms with Gasteiger partial charge < -0.3 is 15.2 Å². The maximum absolute atomic E-state index is 10.2. The normalized spacial score (nSPS) is 19.5. The van der Waals surface area contributed by atoms with Crippen molar-refractivity contribution in [3.63, 3.8) is 0 Å². The molecule has 1 aliphatic rings. The second-order valence-electron chi connectivity index (χ2n) is 3.63. The predicted octanol–water partition coefficient (Wildman–Crippen LogP) is -2.95. The molecule has 0 spiro atoms. The molecular weight excluding hydrogens is 177 g/mol. The third kappa shape index (κ3) is 5.68. The van der Waals surface area contributed by atoms with Gasteiger partial charge >= 0.3 is 29.6 Å². The number of carboxylic acids is 1. The van der Waals surface area contributed by atoms with Crippen LogP contribution in [0.3, 0.4) is 0 Å². The van der Waals surface area contributed by atoms with E-state index in [1.54, 1.807) is 0 Å². The van der Waals surface area contributed by atoms with Gasteiger partial charge in [-0.15, -0.1) is 0 Å². The quantitative estimate of drug-likeness (QED) is 0.486. The van der Waals surface area contributed by atoms with Crippen molar-refractivity contribution in [3.8, 4) is 0 Å². The molecule has 0 bridgehead atoms. The second kappa shape index (κ2) is 6.82. The molecule has 1 atom stereocenters. The van der Waals surface area contributed by atoms with E-state index in [1.165, 1.54) is 25.7 Å². The van der Waals surface area contributed by atoms with Gasteiger partial charge in [0.2, 0.25) is 0 Å². The first-order chi connectivity index (χ1) is 5.68. The van der Waals surface area contributed by atoms with E-state index in [4.69, 9.17) is 0 Å². The third-order valence-electron chi connectivity index (χ3n) is 2.35. The molecule has 1 N–H and O–H groups in total. The first-order valence-electron chi connectivity index (χ1n) is 4.64. The first-order valence-corrected chi connectivity index (χ1v) is 4.64. The van der Waals surface area contributed by atoms with E-state index in [0.717, 1.165) is 0 Å². The Hall–Kier alpha value is 0.430. The Morgan fingerprint density at radius 1 is 1.54 bits per heavy atom. The van der Waals surface area contributed by atoms with Crippen LogP contribution < -0.4 is 40.0 Å². The number of carboxylic acid groups (broad SMARTS) is 1. The molecule has 13 heavy (non-hydrogen) atoms. The average molecular weight is 193 g/mol. The Balaban J connectivity index is 0.00000144. The van der Waals surface area contributed by atoms with Crippen LogP contribution >= 0.6 is 0 Å². The zero-order chi connectivity index (χ0) is 8.97. The maximum atomic E-state index is 10.2.